The number of piperidine rings is 1. The Morgan fingerprint density at radius 3 is 2.54 bits per heavy atom. The van der Waals surface area contributed by atoms with E-state index in [1.165, 1.54) is 24.5 Å². The molecule has 0 aromatic heterocycles. The monoisotopic (exact) mass is 378 g/mol. The van der Waals surface area contributed by atoms with E-state index in [9.17, 15) is 9.59 Å². The van der Waals surface area contributed by atoms with Crippen LogP contribution in [0.2, 0.25) is 0 Å². The van der Waals surface area contributed by atoms with E-state index in [4.69, 9.17) is 5.11 Å². The molecule has 0 spiro atoms. The topological polar surface area (TPSA) is 60.9 Å². The van der Waals surface area contributed by atoms with E-state index in [0.29, 0.717) is 18.0 Å². The van der Waals surface area contributed by atoms with Gasteiger partial charge in [-0.05, 0) is 61.5 Å². The summed E-state index contributed by atoms with van der Waals surface area (Å²) in [6, 6.07) is 15.5. The Kier molecular flexibility index (Phi) is 5.44. The number of hydrogen-bond donors (Lipinski definition) is 1. The van der Waals surface area contributed by atoms with E-state index in [1.54, 1.807) is 12.1 Å². The number of amides is 1. The smallest absolute Gasteiger partial charge is 0.335 e. The summed E-state index contributed by atoms with van der Waals surface area (Å²) in [6.45, 7) is 4.57. The second-order valence-electron chi connectivity index (χ2n) is 7.90. The molecule has 0 bridgehead atoms. The number of carboxylic acid groups (broad SMARTS) is 1. The molecule has 2 aliphatic heterocycles. The van der Waals surface area contributed by atoms with Gasteiger partial charge < -0.3 is 10.0 Å². The van der Waals surface area contributed by atoms with E-state index in [2.05, 4.69) is 35.2 Å². The average molecular weight is 378 g/mol. The second-order valence-corrected chi connectivity index (χ2v) is 7.90. The highest BCUT2D eigenvalue weighted by atomic mass is 16.4. The highest BCUT2D eigenvalue weighted by Gasteiger charge is 2.29. The quantitative estimate of drug-likeness (QED) is 0.834. The van der Waals surface area contributed by atoms with Crippen LogP contribution in [0.3, 0.4) is 0 Å². The fourth-order valence-electron chi connectivity index (χ4n) is 4.29. The summed E-state index contributed by atoms with van der Waals surface area (Å²) >= 11 is 0. The standard InChI is InChI=1S/C23H26N2O3/c26-22-21-14-19(23(27)28)6-7-20(21)16-25(22)13-10-17-8-11-24(12-9-17)15-18-4-2-1-3-5-18/h1-7,14,17H,8-13,15-16H2,(H,27,28). The van der Waals surface area contributed by atoms with Crippen molar-refractivity contribution in [1.29, 1.82) is 0 Å². The number of aromatic carboxylic acids is 1. The van der Waals surface area contributed by atoms with Crippen molar-refractivity contribution in [3.63, 3.8) is 0 Å². The predicted octanol–water partition coefficient (Wildman–Crippen LogP) is 3.64. The van der Waals surface area contributed by atoms with Gasteiger partial charge in [-0.25, -0.2) is 4.79 Å². The van der Waals surface area contributed by atoms with Gasteiger partial charge in [0, 0.05) is 25.2 Å². The maximum Gasteiger partial charge on any atom is 0.335 e. The summed E-state index contributed by atoms with van der Waals surface area (Å²) in [7, 11) is 0. The SMILES string of the molecule is O=C(O)c1ccc2c(c1)C(=O)N(CCC1CCN(Cc3ccccc3)CC1)C2. The van der Waals surface area contributed by atoms with Crippen LogP contribution in [0.15, 0.2) is 48.5 Å². The molecule has 4 rings (SSSR count). The van der Waals surface area contributed by atoms with Crippen molar-refractivity contribution in [2.45, 2.75) is 32.4 Å². The maximum atomic E-state index is 12.6. The van der Waals surface area contributed by atoms with Crippen molar-refractivity contribution in [3.05, 3.63) is 70.8 Å². The molecule has 2 aromatic rings. The summed E-state index contributed by atoms with van der Waals surface area (Å²) in [6.07, 6.45) is 3.36. The van der Waals surface area contributed by atoms with Crippen molar-refractivity contribution in [2.24, 2.45) is 5.92 Å². The predicted molar refractivity (Wildman–Crippen MR) is 107 cm³/mol. The molecule has 0 saturated carbocycles. The molecule has 0 radical (unpaired) electrons. The Morgan fingerprint density at radius 2 is 1.82 bits per heavy atom. The lowest BCUT2D eigenvalue weighted by molar-refractivity contribution is 0.0697. The lowest BCUT2D eigenvalue weighted by Gasteiger charge is -2.32. The van der Waals surface area contributed by atoms with Crippen LogP contribution in [-0.4, -0.2) is 46.4 Å². The summed E-state index contributed by atoms with van der Waals surface area (Å²) in [5.41, 5.74) is 3.03. The average Bonchev–Trinajstić information content (AvgIpc) is 3.03. The van der Waals surface area contributed by atoms with Crippen LogP contribution in [0.1, 0.15) is 51.1 Å². The molecule has 146 valence electrons. The van der Waals surface area contributed by atoms with Gasteiger partial charge in [-0.2, -0.15) is 0 Å². The molecule has 0 unspecified atom stereocenters. The van der Waals surface area contributed by atoms with Gasteiger partial charge in [0.25, 0.3) is 5.91 Å². The Balaban J connectivity index is 1.26. The first-order valence-electron chi connectivity index (χ1n) is 10.0. The summed E-state index contributed by atoms with van der Waals surface area (Å²) in [5.74, 6) is -0.367. The zero-order valence-corrected chi connectivity index (χ0v) is 16.0. The van der Waals surface area contributed by atoms with Gasteiger partial charge in [-0.3, -0.25) is 9.69 Å². The van der Waals surface area contributed by atoms with Gasteiger partial charge >= 0.3 is 5.97 Å². The van der Waals surface area contributed by atoms with Crippen LogP contribution >= 0.6 is 0 Å². The van der Waals surface area contributed by atoms with E-state index in [0.717, 1.165) is 38.2 Å². The Hall–Kier alpha value is -2.66. The van der Waals surface area contributed by atoms with Crippen molar-refractivity contribution < 1.29 is 14.7 Å². The van der Waals surface area contributed by atoms with Gasteiger partial charge in [0.15, 0.2) is 0 Å². The second kappa shape index (κ2) is 8.15. The van der Waals surface area contributed by atoms with E-state index in [-0.39, 0.29) is 11.5 Å². The van der Waals surface area contributed by atoms with Gasteiger partial charge in [-0.15, -0.1) is 0 Å². The fraction of sp³-hybridized carbons (Fsp3) is 0.391. The van der Waals surface area contributed by atoms with E-state index < -0.39 is 5.97 Å². The van der Waals surface area contributed by atoms with Crippen molar-refractivity contribution in [3.8, 4) is 0 Å². The molecular formula is C23H26N2O3. The van der Waals surface area contributed by atoms with Gasteiger partial charge in [0.2, 0.25) is 0 Å². The number of likely N-dealkylation sites (tertiary alicyclic amines) is 1. The maximum absolute atomic E-state index is 12.6. The molecule has 2 aliphatic rings. The number of benzene rings is 2. The Labute approximate surface area is 165 Å². The molecule has 0 aliphatic carbocycles. The largest absolute Gasteiger partial charge is 0.478 e. The molecule has 5 nitrogen and oxygen atoms in total. The highest BCUT2D eigenvalue weighted by Crippen LogP contribution is 2.27. The van der Waals surface area contributed by atoms with Crippen LogP contribution in [-0.2, 0) is 13.1 Å². The molecule has 1 amide bonds. The zero-order valence-electron chi connectivity index (χ0n) is 16.0. The van der Waals surface area contributed by atoms with Crippen LogP contribution in [0.25, 0.3) is 0 Å². The summed E-state index contributed by atoms with van der Waals surface area (Å²) in [4.78, 5) is 28.1. The highest BCUT2D eigenvalue weighted by molar-refractivity contribution is 6.00. The molecule has 1 N–H and O–H groups in total. The molecule has 0 atom stereocenters. The third kappa shape index (κ3) is 4.09. The van der Waals surface area contributed by atoms with Crippen LogP contribution in [0, 0.1) is 5.92 Å². The summed E-state index contributed by atoms with van der Waals surface area (Å²) < 4.78 is 0. The first-order valence-corrected chi connectivity index (χ1v) is 10.0. The Bertz CT molecular complexity index is 857. The minimum atomic E-state index is -0.990. The van der Waals surface area contributed by atoms with Gasteiger partial charge in [0.1, 0.15) is 0 Å². The van der Waals surface area contributed by atoms with Crippen LogP contribution < -0.4 is 0 Å². The molecule has 5 heteroatoms. The van der Waals surface area contributed by atoms with Crippen LogP contribution in [0.5, 0.6) is 0 Å². The number of carbonyl (C=O) groups excluding carboxylic acids is 1. The van der Waals surface area contributed by atoms with Gasteiger partial charge in [0.05, 0.1) is 5.56 Å². The van der Waals surface area contributed by atoms with Gasteiger partial charge in [-0.1, -0.05) is 36.4 Å². The third-order valence-corrected chi connectivity index (χ3v) is 6.00. The number of hydrogen-bond acceptors (Lipinski definition) is 3. The minimum Gasteiger partial charge on any atom is -0.478 e. The Morgan fingerprint density at radius 1 is 1.07 bits per heavy atom. The number of rotatable bonds is 6. The molecule has 2 heterocycles. The fourth-order valence-corrected chi connectivity index (χ4v) is 4.29. The third-order valence-electron chi connectivity index (χ3n) is 6.00. The lowest BCUT2D eigenvalue weighted by atomic mass is 9.93. The number of nitrogens with zero attached hydrogens (tertiary/aromatic N) is 2. The normalized spacial score (nSPS) is 17.7. The number of fused-ring (bicyclic) bond motifs is 1. The van der Waals surface area contributed by atoms with Crippen molar-refractivity contribution in [2.75, 3.05) is 19.6 Å². The molecule has 2 aromatic carbocycles. The zero-order chi connectivity index (χ0) is 19.5. The summed E-state index contributed by atoms with van der Waals surface area (Å²) in [5, 5.41) is 9.13. The van der Waals surface area contributed by atoms with Crippen LogP contribution in [0.4, 0.5) is 0 Å². The molecule has 1 saturated heterocycles. The number of carbonyl (C=O) groups is 2. The molecule has 1 fully saturated rings. The lowest BCUT2D eigenvalue weighted by Crippen LogP contribution is -2.35. The first kappa shape index (κ1) is 18.7. The molecular weight excluding hydrogens is 352 g/mol. The van der Waals surface area contributed by atoms with E-state index in [1.807, 2.05) is 4.90 Å². The van der Waals surface area contributed by atoms with Crippen molar-refractivity contribution >= 4 is 11.9 Å². The molecule has 28 heavy (non-hydrogen) atoms. The number of carboxylic acids is 1. The first-order chi connectivity index (χ1) is 13.6. The minimum absolute atomic E-state index is 0.0281. The van der Waals surface area contributed by atoms with E-state index >= 15 is 0 Å². The van der Waals surface area contributed by atoms with Crippen molar-refractivity contribution in [1.82, 2.24) is 9.80 Å².